The van der Waals surface area contributed by atoms with E-state index in [0.29, 0.717) is 0 Å². The van der Waals surface area contributed by atoms with E-state index in [0.717, 1.165) is 50.0 Å². The summed E-state index contributed by atoms with van der Waals surface area (Å²) in [6, 6.07) is 5.12. The molecule has 0 fully saturated rings. The highest BCUT2D eigenvalue weighted by molar-refractivity contribution is 5.44. The fraction of sp³-hybridized carbons (Fsp3) is 0.462. The van der Waals surface area contributed by atoms with Gasteiger partial charge in [0.05, 0.1) is 5.56 Å². The molecular weight excluding hydrogens is 227 g/mol. The Morgan fingerprint density at radius 3 is 2.18 bits per heavy atom. The van der Waals surface area contributed by atoms with E-state index in [1.165, 1.54) is 12.1 Å². The van der Waals surface area contributed by atoms with Crippen molar-refractivity contribution in [2.24, 2.45) is 0 Å². The van der Waals surface area contributed by atoms with Crippen LogP contribution in [0.2, 0.25) is 0 Å². The van der Waals surface area contributed by atoms with Crippen LogP contribution in [0.5, 0.6) is 0 Å². The molecule has 1 rings (SSSR count). The van der Waals surface area contributed by atoms with Crippen LogP contribution in [0.25, 0.3) is 0 Å². The van der Waals surface area contributed by atoms with Crippen molar-refractivity contribution in [1.82, 2.24) is 0 Å². The predicted octanol–water partition coefficient (Wildman–Crippen LogP) is 4.51. The van der Waals surface area contributed by atoms with Crippen molar-refractivity contribution in [3.63, 3.8) is 0 Å². The maximum Gasteiger partial charge on any atom is 0.416 e. The van der Waals surface area contributed by atoms with Crippen LogP contribution in [-0.4, -0.2) is 6.54 Å². The average molecular weight is 244 g/mol. The zero-order valence-electron chi connectivity index (χ0n) is 9.69. The molecule has 0 saturated heterocycles. The lowest BCUT2D eigenvalue weighted by Crippen LogP contribution is -2.05. The Bertz CT molecular complexity index is 316. The summed E-state index contributed by atoms with van der Waals surface area (Å²) in [5.41, 5.74) is 0.118. The van der Waals surface area contributed by atoms with Crippen LogP contribution in [0.4, 0.5) is 18.9 Å². The summed E-state index contributed by atoms with van der Waals surface area (Å²) < 4.78 is 36.9. The first kappa shape index (κ1) is 13.9. The molecule has 1 radical (unpaired) electrons. The quantitative estimate of drug-likeness (QED) is 0.726. The van der Waals surface area contributed by atoms with E-state index in [1.807, 2.05) is 0 Å². The van der Waals surface area contributed by atoms with Crippen LogP contribution >= 0.6 is 0 Å². The molecule has 0 unspecified atom stereocenters. The lowest BCUT2D eigenvalue weighted by Gasteiger charge is -2.09. The summed E-state index contributed by atoms with van der Waals surface area (Å²) in [4.78, 5) is 0. The molecule has 1 nitrogen and oxygen atoms in total. The van der Waals surface area contributed by atoms with E-state index in [-0.39, 0.29) is 0 Å². The Labute approximate surface area is 100 Å². The number of rotatable bonds is 6. The zero-order chi connectivity index (χ0) is 12.7. The van der Waals surface area contributed by atoms with Gasteiger partial charge in [-0.2, -0.15) is 13.2 Å². The van der Waals surface area contributed by atoms with Gasteiger partial charge in [-0.1, -0.05) is 26.2 Å². The summed E-state index contributed by atoms with van der Waals surface area (Å²) in [6.07, 6.45) is -0.130. The first-order valence-corrected chi connectivity index (χ1v) is 5.74. The molecule has 0 bridgehead atoms. The third-order valence-corrected chi connectivity index (χ3v) is 2.47. The molecule has 95 valence electrons. The molecule has 0 aliphatic heterocycles. The van der Waals surface area contributed by atoms with Crippen molar-refractivity contribution >= 4 is 5.69 Å². The highest BCUT2D eigenvalue weighted by Gasteiger charge is 2.29. The fourth-order valence-electron chi connectivity index (χ4n) is 1.49. The van der Waals surface area contributed by atoms with Crippen molar-refractivity contribution in [1.29, 1.82) is 0 Å². The molecule has 0 aromatic heterocycles. The Morgan fingerprint density at radius 1 is 1.00 bits per heavy atom. The molecule has 1 aromatic carbocycles. The minimum Gasteiger partial charge on any atom is -0.385 e. The summed E-state index contributed by atoms with van der Waals surface area (Å²) in [5, 5.41) is 3.09. The van der Waals surface area contributed by atoms with Crippen molar-refractivity contribution in [2.45, 2.75) is 31.9 Å². The molecule has 0 atom stereocenters. The largest absolute Gasteiger partial charge is 0.416 e. The van der Waals surface area contributed by atoms with Gasteiger partial charge < -0.3 is 5.32 Å². The molecule has 1 N–H and O–H groups in total. The van der Waals surface area contributed by atoms with E-state index in [1.54, 1.807) is 0 Å². The van der Waals surface area contributed by atoms with Gasteiger partial charge in [0.2, 0.25) is 0 Å². The van der Waals surface area contributed by atoms with E-state index in [9.17, 15) is 13.2 Å². The molecule has 4 heteroatoms. The number of nitrogens with one attached hydrogen (secondary N) is 1. The minimum atomic E-state index is -4.26. The summed E-state index contributed by atoms with van der Waals surface area (Å²) in [6.45, 7) is 4.53. The monoisotopic (exact) mass is 244 g/mol. The first-order valence-electron chi connectivity index (χ1n) is 5.74. The normalized spacial score (nSPS) is 11.5. The molecule has 0 amide bonds. The average Bonchev–Trinajstić information content (AvgIpc) is 2.28. The second kappa shape index (κ2) is 6.52. The molecule has 0 heterocycles. The highest BCUT2D eigenvalue weighted by Crippen LogP contribution is 2.29. The smallest absolute Gasteiger partial charge is 0.385 e. The van der Waals surface area contributed by atoms with Gasteiger partial charge in [-0.25, -0.2) is 0 Å². The standard InChI is InChI=1S/C13H17F3N/c1-2-3-4-5-10-17-12-8-6-11(7-9-12)13(14,15)16/h6-9,17H,1-5,10H2. The second-order valence-electron chi connectivity index (χ2n) is 3.92. The van der Waals surface area contributed by atoms with Crippen LogP contribution < -0.4 is 5.32 Å². The van der Waals surface area contributed by atoms with Gasteiger partial charge in [-0.3, -0.25) is 0 Å². The van der Waals surface area contributed by atoms with Crippen LogP contribution in [-0.2, 0) is 6.18 Å². The lowest BCUT2D eigenvalue weighted by atomic mass is 10.2. The fourth-order valence-corrected chi connectivity index (χ4v) is 1.49. The third kappa shape index (κ3) is 5.11. The van der Waals surface area contributed by atoms with Crippen molar-refractivity contribution < 1.29 is 13.2 Å². The van der Waals surface area contributed by atoms with Crippen LogP contribution in [0.15, 0.2) is 24.3 Å². The molecule has 0 saturated carbocycles. The van der Waals surface area contributed by atoms with Crippen molar-refractivity contribution in [3.05, 3.63) is 36.8 Å². The van der Waals surface area contributed by atoms with Gasteiger partial charge in [0.25, 0.3) is 0 Å². The van der Waals surface area contributed by atoms with E-state index in [2.05, 4.69) is 12.2 Å². The number of anilines is 1. The molecule has 0 spiro atoms. The third-order valence-electron chi connectivity index (χ3n) is 2.47. The molecular formula is C13H17F3N. The van der Waals surface area contributed by atoms with Gasteiger partial charge in [0, 0.05) is 12.2 Å². The maximum absolute atomic E-state index is 12.3. The maximum atomic E-state index is 12.3. The summed E-state index contributed by atoms with van der Waals surface area (Å²) in [5.74, 6) is 0. The van der Waals surface area contributed by atoms with Crippen molar-refractivity contribution in [2.75, 3.05) is 11.9 Å². The highest BCUT2D eigenvalue weighted by atomic mass is 19.4. The minimum absolute atomic E-state index is 0.611. The van der Waals surface area contributed by atoms with E-state index in [4.69, 9.17) is 0 Å². The van der Waals surface area contributed by atoms with Crippen LogP contribution in [0, 0.1) is 6.92 Å². The molecule has 0 aliphatic rings. The second-order valence-corrected chi connectivity index (χ2v) is 3.92. The Balaban J connectivity index is 2.36. The lowest BCUT2D eigenvalue weighted by molar-refractivity contribution is -0.137. The van der Waals surface area contributed by atoms with E-state index >= 15 is 0 Å². The number of benzene rings is 1. The predicted molar refractivity (Wildman–Crippen MR) is 63.8 cm³/mol. The van der Waals surface area contributed by atoms with Crippen LogP contribution in [0.1, 0.15) is 31.2 Å². The number of unbranched alkanes of at least 4 members (excludes halogenated alkanes) is 3. The topological polar surface area (TPSA) is 12.0 Å². The van der Waals surface area contributed by atoms with E-state index < -0.39 is 11.7 Å². The summed E-state index contributed by atoms with van der Waals surface area (Å²) >= 11 is 0. The number of hydrogen-bond donors (Lipinski definition) is 1. The van der Waals surface area contributed by atoms with Crippen molar-refractivity contribution in [3.8, 4) is 0 Å². The molecule has 0 aliphatic carbocycles. The zero-order valence-corrected chi connectivity index (χ0v) is 9.69. The summed E-state index contributed by atoms with van der Waals surface area (Å²) in [7, 11) is 0. The van der Waals surface area contributed by atoms with Gasteiger partial charge in [-0.15, -0.1) is 0 Å². The number of alkyl halides is 3. The Kier molecular flexibility index (Phi) is 5.32. The van der Waals surface area contributed by atoms with Crippen LogP contribution in [0.3, 0.4) is 0 Å². The SMILES string of the molecule is [CH2]CCCCCNc1ccc(C(F)(F)F)cc1. The van der Waals surface area contributed by atoms with Gasteiger partial charge in [0.1, 0.15) is 0 Å². The molecule has 17 heavy (non-hydrogen) atoms. The molecule has 1 aromatic rings. The number of halogens is 3. The number of hydrogen-bond acceptors (Lipinski definition) is 1. The van der Waals surface area contributed by atoms with Gasteiger partial charge in [0.15, 0.2) is 0 Å². The Morgan fingerprint density at radius 2 is 1.65 bits per heavy atom. The van der Waals surface area contributed by atoms with Gasteiger partial charge in [-0.05, 0) is 30.7 Å². The Hall–Kier alpha value is -1.19. The first-order chi connectivity index (χ1) is 8.04. The van der Waals surface area contributed by atoms with Gasteiger partial charge >= 0.3 is 6.18 Å².